The Bertz CT molecular complexity index is 1010. The lowest BCUT2D eigenvalue weighted by Crippen LogP contribution is -2.62. The van der Waals surface area contributed by atoms with Gasteiger partial charge >= 0.3 is 0 Å². The fraction of sp³-hybridized carbons (Fsp3) is 0.524. The molecule has 0 N–H and O–H groups in total. The molecule has 4 rings (SSSR count). The Morgan fingerprint density at radius 2 is 2.06 bits per heavy atom. The molecule has 10 heteroatoms. The van der Waals surface area contributed by atoms with Crippen molar-refractivity contribution in [3.05, 3.63) is 35.8 Å². The van der Waals surface area contributed by atoms with Crippen LogP contribution in [0.2, 0.25) is 0 Å². The van der Waals surface area contributed by atoms with Gasteiger partial charge in [0.2, 0.25) is 0 Å². The highest BCUT2D eigenvalue weighted by atomic mass is 19.2. The molecule has 0 amide bonds. The molecule has 0 bridgehead atoms. The maximum Gasteiger partial charge on any atom is 0.195 e. The van der Waals surface area contributed by atoms with Crippen LogP contribution in [0.1, 0.15) is 26.3 Å². The van der Waals surface area contributed by atoms with Gasteiger partial charge in [-0.25, -0.2) is 17.9 Å². The molecule has 0 aliphatic carbocycles. The topological polar surface area (TPSA) is 67.6 Å². The zero-order chi connectivity index (χ0) is 22.3. The molecule has 2 aliphatic rings. The highest BCUT2D eigenvalue weighted by Crippen LogP contribution is 2.40. The highest BCUT2D eigenvalue weighted by Gasteiger charge is 2.52. The first-order valence-electron chi connectivity index (χ1n) is 9.75. The van der Waals surface area contributed by atoms with Crippen LogP contribution in [-0.2, 0) is 18.9 Å². The molecule has 5 atom stereocenters. The molecule has 3 heterocycles. The third-order valence-corrected chi connectivity index (χ3v) is 5.49. The summed E-state index contributed by atoms with van der Waals surface area (Å²) in [6, 6.07) is 1.40. The molecule has 0 radical (unpaired) electrons. The molecular formula is C21H22F3N3O4. The van der Waals surface area contributed by atoms with E-state index in [-0.39, 0.29) is 24.3 Å². The average Bonchev–Trinajstić information content (AvgIpc) is 3.20. The Morgan fingerprint density at radius 1 is 1.29 bits per heavy atom. The Balaban J connectivity index is 1.74. The second kappa shape index (κ2) is 8.24. The monoisotopic (exact) mass is 437 g/mol. The van der Waals surface area contributed by atoms with Gasteiger partial charge in [0, 0.05) is 19.1 Å². The predicted octanol–water partition coefficient (Wildman–Crippen LogP) is 2.86. The van der Waals surface area contributed by atoms with Gasteiger partial charge in [0.15, 0.2) is 23.2 Å². The molecule has 31 heavy (non-hydrogen) atoms. The number of terminal acetylenes is 1. The maximum absolute atomic E-state index is 14.3. The van der Waals surface area contributed by atoms with Crippen LogP contribution < -0.4 is 0 Å². The lowest BCUT2D eigenvalue weighted by molar-refractivity contribution is -0.349. The van der Waals surface area contributed by atoms with Gasteiger partial charge in [0.05, 0.1) is 18.9 Å². The third-order valence-electron chi connectivity index (χ3n) is 5.49. The van der Waals surface area contributed by atoms with Crippen molar-refractivity contribution in [1.82, 2.24) is 15.0 Å². The fourth-order valence-electron chi connectivity index (χ4n) is 4.07. The van der Waals surface area contributed by atoms with E-state index in [0.29, 0.717) is 0 Å². The van der Waals surface area contributed by atoms with Crippen molar-refractivity contribution in [2.24, 2.45) is 0 Å². The third kappa shape index (κ3) is 3.94. The summed E-state index contributed by atoms with van der Waals surface area (Å²) in [7, 11) is 1.52. The summed E-state index contributed by atoms with van der Waals surface area (Å²) in [5.74, 6) is -2.50. The zero-order valence-corrected chi connectivity index (χ0v) is 17.2. The second-order valence-electron chi connectivity index (χ2n) is 7.91. The summed E-state index contributed by atoms with van der Waals surface area (Å²) in [6.45, 7) is 3.82. The maximum atomic E-state index is 14.3. The fourth-order valence-corrected chi connectivity index (χ4v) is 4.07. The predicted molar refractivity (Wildman–Crippen MR) is 102 cm³/mol. The molecule has 1 aromatic heterocycles. The van der Waals surface area contributed by atoms with E-state index in [4.69, 9.17) is 25.4 Å². The molecule has 0 spiro atoms. The standard InChI is InChI=1S/C21H22F3N3O4/c1-5-6-14-19(28-4)18(20-15(30-14)10-29-21(2,3)31-20)27-9-13(25-26-27)11-7-8-12(22)17(24)16(11)23/h1,7-9,14-15,18-20H,6,10H2,2-4H3/t14-,15-,18-,19+,20+/m1/s1. The van der Waals surface area contributed by atoms with Crippen LogP contribution in [0.25, 0.3) is 11.3 Å². The SMILES string of the molecule is C#CC[C@H]1O[C@@H]2COC(C)(C)O[C@@H]2[C@H](n2cc(-c3ccc(F)c(F)c3F)nn2)[C@H]1OC. The van der Waals surface area contributed by atoms with Gasteiger partial charge in [-0.3, -0.25) is 0 Å². The van der Waals surface area contributed by atoms with Crippen molar-refractivity contribution in [2.45, 2.75) is 56.5 Å². The molecule has 166 valence electrons. The van der Waals surface area contributed by atoms with E-state index in [0.717, 1.165) is 12.1 Å². The number of hydrogen-bond donors (Lipinski definition) is 0. The number of ether oxygens (including phenoxy) is 4. The first-order chi connectivity index (χ1) is 14.8. The van der Waals surface area contributed by atoms with E-state index in [1.54, 1.807) is 13.8 Å². The average molecular weight is 437 g/mol. The van der Waals surface area contributed by atoms with Crippen LogP contribution in [-0.4, -0.2) is 58.9 Å². The van der Waals surface area contributed by atoms with E-state index in [9.17, 15) is 13.2 Å². The van der Waals surface area contributed by atoms with Crippen LogP contribution in [0.3, 0.4) is 0 Å². The first kappa shape index (κ1) is 21.8. The summed E-state index contributed by atoms with van der Waals surface area (Å²) in [5.41, 5.74) is -0.176. The Kier molecular flexibility index (Phi) is 5.79. The number of benzene rings is 1. The van der Waals surface area contributed by atoms with Crippen molar-refractivity contribution in [2.75, 3.05) is 13.7 Å². The number of nitrogens with zero attached hydrogens (tertiary/aromatic N) is 3. The number of fused-ring (bicyclic) bond motifs is 1. The van der Waals surface area contributed by atoms with Gasteiger partial charge in [-0.1, -0.05) is 5.21 Å². The lowest BCUT2D eigenvalue weighted by atomic mass is 9.90. The zero-order valence-electron chi connectivity index (χ0n) is 17.2. The Hall–Kier alpha value is -2.45. The minimum atomic E-state index is -1.57. The number of rotatable bonds is 4. The summed E-state index contributed by atoms with van der Waals surface area (Å²) in [6.07, 6.45) is 5.21. The van der Waals surface area contributed by atoms with Crippen molar-refractivity contribution >= 4 is 0 Å². The van der Waals surface area contributed by atoms with Crippen molar-refractivity contribution in [3.8, 4) is 23.6 Å². The number of methoxy groups -OCH3 is 1. The normalized spacial score (nSPS) is 29.9. The number of halogens is 3. The van der Waals surface area contributed by atoms with Gasteiger partial charge in [-0.15, -0.1) is 17.4 Å². The Morgan fingerprint density at radius 3 is 2.77 bits per heavy atom. The molecule has 0 saturated carbocycles. The van der Waals surface area contributed by atoms with E-state index in [1.807, 2.05) is 0 Å². The summed E-state index contributed by atoms with van der Waals surface area (Å²) in [4.78, 5) is 0. The largest absolute Gasteiger partial charge is 0.376 e. The molecule has 2 aromatic rings. The Labute approximate surface area is 177 Å². The van der Waals surface area contributed by atoms with E-state index < -0.39 is 53.7 Å². The van der Waals surface area contributed by atoms with Gasteiger partial charge in [-0.05, 0) is 26.0 Å². The van der Waals surface area contributed by atoms with Gasteiger partial charge < -0.3 is 18.9 Å². The summed E-state index contributed by atoms with van der Waals surface area (Å²) < 4.78 is 66.4. The number of hydrogen-bond acceptors (Lipinski definition) is 6. The van der Waals surface area contributed by atoms with Crippen molar-refractivity contribution < 1.29 is 32.1 Å². The van der Waals surface area contributed by atoms with Gasteiger partial charge in [0.1, 0.15) is 30.0 Å². The van der Waals surface area contributed by atoms with Crippen molar-refractivity contribution in [3.63, 3.8) is 0 Å². The minimum Gasteiger partial charge on any atom is -0.376 e. The van der Waals surface area contributed by atoms with Crippen LogP contribution in [0, 0.1) is 29.8 Å². The van der Waals surface area contributed by atoms with Crippen LogP contribution in [0.4, 0.5) is 13.2 Å². The van der Waals surface area contributed by atoms with Crippen LogP contribution in [0.15, 0.2) is 18.3 Å². The van der Waals surface area contributed by atoms with E-state index in [1.165, 1.54) is 18.0 Å². The van der Waals surface area contributed by atoms with Gasteiger partial charge in [-0.2, -0.15) is 0 Å². The van der Waals surface area contributed by atoms with E-state index >= 15 is 0 Å². The van der Waals surface area contributed by atoms with E-state index in [2.05, 4.69) is 16.2 Å². The molecule has 7 nitrogen and oxygen atoms in total. The van der Waals surface area contributed by atoms with Crippen LogP contribution >= 0.6 is 0 Å². The van der Waals surface area contributed by atoms with Crippen molar-refractivity contribution in [1.29, 1.82) is 0 Å². The van der Waals surface area contributed by atoms with Crippen LogP contribution in [0.5, 0.6) is 0 Å². The molecule has 0 unspecified atom stereocenters. The van der Waals surface area contributed by atoms with Gasteiger partial charge in [0.25, 0.3) is 0 Å². The second-order valence-corrected chi connectivity index (χ2v) is 7.91. The lowest BCUT2D eigenvalue weighted by Gasteiger charge is -2.50. The molecule has 2 aliphatic heterocycles. The summed E-state index contributed by atoms with van der Waals surface area (Å²) >= 11 is 0. The molecule has 2 saturated heterocycles. The summed E-state index contributed by atoms with van der Waals surface area (Å²) in [5, 5.41) is 8.08. The highest BCUT2D eigenvalue weighted by molar-refractivity contribution is 5.58. The minimum absolute atomic E-state index is 0.0362. The smallest absolute Gasteiger partial charge is 0.195 e. The first-order valence-corrected chi connectivity index (χ1v) is 9.75. The molecular weight excluding hydrogens is 415 g/mol. The number of aromatic nitrogens is 3. The molecule has 2 fully saturated rings. The quantitative estimate of drug-likeness (QED) is 0.541. The molecule has 1 aromatic carbocycles.